The van der Waals surface area contributed by atoms with Crippen molar-refractivity contribution >= 4 is 49.2 Å². The fourth-order valence-corrected chi connectivity index (χ4v) is 5.11. The number of methoxy groups -OCH3 is 1. The van der Waals surface area contributed by atoms with Gasteiger partial charge >= 0.3 is 11.9 Å². The minimum atomic E-state index is -3.79. The zero-order valence-electron chi connectivity index (χ0n) is 11.3. The second-order valence-corrected chi connectivity index (χ2v) is 8.45. The standard InChI is InChI=1S/C11H14BrNO6S2/c1-13(5-3-4-9(14)15)21(17,18)8-6-7(11(16)19-2)20-10(8)12/h6H,3-5H2,1-2H3,(H,14,15). The van der Waals surface area contributed by atoms with E-state index in [1.807, 2.05) is 0 Å². The number of hydrogen-bond acceptors (Lipinski definition) is 6. The normalized spacial score (nSPS) is 11.6. The van der Waals surface area contributed by atoms with Crippen molar-refractivity contribution in [3.63, 3.8) is 0 Å². The molecule has 0 saturated carbocycles. The maximum absolute atomic E-state index is 12.4. The van der Waals surface area contributed by atoms with Gasteiger partial charge < -0.3 is 9.84 Å². The number of carboxylic acids is 1. The van der Waals surface area contributed by atoms with Crippen LogP contribution < -0.4 is 0 Å². The summed E-state index contributed by atoms with van der Waals surface area (Å²) in [5, 5.41) is 8.56. The zero-order valence-corrected chi connectivity index (χ0v) is 14.5. The van der Waals surface area contributed by atoms with Gasteiger partial charge in [0.05, 0.1) is 10.9 Å². The third kappa shape index (κ3) is 4.50. The van der Waals surface area contributed by atoms with Crippen molar-refractivity contribution in [2.45, 2.75) is 17.7 Å². The van der Waals surface area contributed by atoms with Gasteiger partial charge in [-0.15, -0.1) is 11.3 Å². The number of carbonyl (C=O) groups is 2. The minimum Gasteiger partial charge on any atom is -0.481 e. The van der Waals surface area contributed by atoms with E-state index in [1.54, 1.807) is 0 Å². The predicted molar refractivity (Wildman–Crippen MR) is 80.0 cm³/mol. The summed E-state index contributed by atoms with van der Waals surface area (Å²) in [6.07, 6.45) is 0.0920. The Morgan fingerprint density at radius 3 is 2.62 bits per heavy atom. The van der Waals surface area contributed by atoms with E-state index >= 15 is 0 Å². The number of thiophene rings is 1. The summed E-state index contributed by atoms with van der Waals surface area (Å²) in [6, 6.07) is 1.24. The molecular formula is C11H14BrNO6S2. The molecule has 1 N–H and O–H groups in total. The molecule has 7 nitrogen and oxygen atoms in total. The van der Waals surface area contributed by atoms with E-state index in [0.29, 0.717) is 3.79 Å². The monoisotopic (exact) mass is 399 g/mol. The molecule has 0 aliphatic heterocycles. The first kappa shape index (κ1) is 18.1. The Balaban J connectivity index is 2.94. The minimum absolute atomic E-state index is 0.0364. The molecular weight excluding hydrogens is 386 g/mol. The second kappa shape index (κ2) is 7.34. The smallest absolute Gasteiger partial charge is 0.348 e. The number of esters is 1. The Hall–Kier alpha value is -0.970. The third-order valence-corrected chi connectivity index (χ3v) is 6.68. The molecule has 0 aliphatic carbocycles. The molecule has 0 bridgehead atoms. The van der Waals surface area contributed by atoms with Gasteiger partial charge in [0.2, 0.25) is 10.0 Å². The molecule has 118 valence electrons. The van der Waals surface area contributed by atoms with Crippen LogP contribution >= 0.6 is 27.3 Å². The van der Waals surface area contributed by atoms with Crippen molar-refractivity contribution in [3.8, 4) is 0 Å². The molecule has 0 fully saturated rings. The van der Waals surface area contributed by atoms with Crippen LogP contribution in [-0.4, -0.2) is 50.5 Å². The number of ether oxygens (including phenoxy) is 1. The molecule has 1 aromatic rings. The fraction of sp³-hybridized carbons (Fsp3) is 0.455. The van der Waals surface area contributed by atoms with Crippen LogP contribution in [0.5, 0.6) is 0 Å². The van der Waals surface area contributed by atoms with E-state index in [0.717, 1.165) is 15.6 Å². The predicted octanol–water partition coefficient (Wildman–Crippen LogP) is 1.78. The maximum Gasteiger partial charge on any atom is 0.348 e. The lowest BCUT2D eigenvalue weighted by atomic mass is 10.3. The van der Waals surface area contributed by atoms with Crippen LogP contribution in [0.25, 0.3) is 0 Å². The van der Waals surface area contributed by atoms with Gasteiger partial charge in [0.1, 0.15) is 9.77 Å². The number of carboxylic acid groups (broad SMARTS) is 1. The molecule has 1 aromatic heterocycles. The van der Waals surface area contributed by atoms with Crippen molar-refractivity contribution in [2.75, 3.05) is 20.7 Å². The van der Waals surface area contributed by atoms with Gasteiger partial charge in [-0.05, 0) is 28.4 Å². The number of nitrogens with zero attached hydrogens (tertiary/aromatic N) is 1. The van der Waals surface area contributed by atoms with Gasteiger partial charge in [-0.25, -0.2) is 17.5 Å². The Morgan fingerprint density at radius 2 is 2.10 bits per heavy atom. The van der Waals surface area contributed by atoms with Gasteiger partial charge in [0.25, 0.3) is 0 Å². The van der Waals surface area contributed by atoms with Crippen LogP contribution in [0.15, 0.2) is 14.7 Å². The molecule has 0 spiro atoms. The topological polar surface area (TPSA) is 101 Å². The first-order valence-electron chi connectivity index (χ1n) is 5.76. The molecule has 0 atom stereocenters. The van der Waals surface area contributed by atoms with E-state index in [4.69, 9.17) is 5.11 Å². The third-order valence-electron chi connectivity index (χ3n) is 2.59. The summed E-state index contributed by atoms with van der Waals surface area (Å²) in [6.45, 7) is 0.0739. The van der Waals surface area contributed by atoms with Crippen molar-refractivity contribution in [1.82, 2.24) is 4.31 Å². The van der Waals surface area contributed by atoms with E-state index in [-0.39, 0.29) is 29.2 Å². The average Bonchev–Trinajstić information content (AvgIpc) is 2.80. The van der Waals surface area contributed by atoms with Crippen molar-refractivity contribution in [2.24, 2.45) is 0 Å². The Morgan fingerprint density at radius 1 is 1.48 bits per heavy atom. The Labute approximate surface area is 134 Å². The van der Waals surface area contributed by atoms with Crippen LogP contribution in [0.4, 0.5) is 0 Å². The van der Waals surface area contributed by atoms with Gasteiger partial charge in [-0.3, -0.25) is 4.79 Å². The van der Waals surface area contributed by atoms with Crippen LogP contribution in [0.1, 0.15) is 22.5 Å². The Kier molecular flexibility index (Phi) is 6.32. The molecule has 0 saturated heterocycles. The van der Waals surface area contributed by atoms with Crippen molar-refractivity contribution < 1.29 is 27.9 Å². The Bertz CT molecular complexity index is 639. The van der Waals surface area contributed by atoms with Crippen LogP contribution in [0, 0.1) is 0 Å². The highest BCUT2D eigenvalue weighted by Crippen LogP contribution is 2.33. The zero-order chi connectivity index (χ0) is 16.2. The van der Waals surface area contributed by atoms with Crippen LogP contribution in [-0.2, 0) is 19.6 Å². The lowest BCUT2D eigenvalue weighted by Gasteiger charge is -2.16. The number of sulfonamides is 1. The van der Waals surface area contributed by atoms with E-state index in [9.17, 15) is 18.0 Å². The summed E-state index contributed by atoms with van der Waals surface area (Å²) in [4.78, 5) is 22.0. The van der Waals surface area contributed by atoms with E-state index in [2.05, 4.69) is 20.7 Å². The van der Waals surface area contributed by atoms with Crippen LogP contribution in [0.3, 0.4) is 0 Å². The summed E-state index contributed by atoms with van der Waals surface area (Å²) in [7, 11) is -1.22. The molecule has 0 unspecified atom stereocenters. The lowest BCUT2D eigenvalue weighted by Crippen LogP contribution is -2.28. The SMILES string of the molecule is COC(=O)c1cc(S(=O)(=O)N(C)CCCC(=O)O)c(Br)s1. The first-order chi connectivity index (χ1) is 9.70. The molecule has 1 rings (SSSR count). The molecule has 1 heterocycles. The van der Waals surface area contributed by atoms with Gasteiger partial charge in [-0.1, -0.05) is 0 Å². The quantitative estimate of drug-likeness (QED) is 0.701. The number of hydrogen-bond donors (Lipinski definition) is 1. The first-order valence-corrected chi connectivity index (χ1v) is 8.81. The number of halogens is 1. The van der Waals surface area contributed by atoms with Crippen molar-refractivity contribution in [3.05, 3.63) is 14.7 Å². The number of carbonyl (C=O) groups excluding carboxylic acids is 1. The van der Waals surface area contributed by atoms with Crippen molar-refractivity contribution in [1.29, 1.82) is 0 Å². The summed E-state index contributed by atoms with van der Waals surface area (Å²) in [5.41, 5.74) is 0. The summed E-state index contributed by atoms with van der Waals surface area (Å²) < 4.78 is 30.6. The molecule has 0 aromatic carbocycles. The molecule has 10 heteroatoms. The summed E-state index contributed by atoms with van der Waals surface area (Å²) in [5.74, 6) is -1.60. The maximum atomic E-state index is 12.4. The molecule has 21 heavy (non-hydrogen) atoms. The fourth-order valence-electron chi connectivity index (χ4n) is 1.47. The highest BCUT2D eigenvalue weighted by Gasteiger charge is 2.27. The second-order valence-electron chi connectivity index (χ2n) is 4.06. The van der Waals surface area contributed by atoms with Gasteiger partial charge in [-0.2, -0.15) is 0 Å². The average molecular weight is 400 g/mol. The largest absolute Gasteiger partial charge is 0.481 e. The van der Waals surface area contributed by atoms with Crippen LogP contribution in [0.2, 0.25) is 0 Å². The number of aliphatic carboxylic acids is 1. The molecule has 0 radical (unpaired) electrons. The highest BCUT2D eigenvalue weighted by molar-refractivity contribution is 9.11. The molecule has 0 aliphatic rings. The molecule has 0 amide bonds. The van der Waals surface area contributed by atoms with Gasteiger partial charge in [0.15, 0.2) is 0 Å². The number of rotatable bonds is 7. The van der Waals surface area contributed by atoms with E-state index < -0.39 is 22.0 Å². The van der Waals surface area contributed by atoms with Gasteiger partial charge in [0, 0.05) is 20.0 Å². The summed E-state index contributed by atoms with van der Waals surface area (Å²) >= 11 is 4.08. The highest BCUT2D eigenvalue weighted by atomic mass is 79.9. The van der Waals surface area contributed by atoms with E-state index in [1.165, 1.54) is 20.2 Å². The lowest BCUT2D eigenvalue weighted by molar-refractivity contribution is -0.137.